The van der Waals surface area contributed by atoms with Gasteiger partial charge in [0.15, 0.2) is 0 Å². The fraction of sp³-hybridized carbons (Fsp3) is 0.421. The highest BCUT2D eigenvalue weighted by Gasteiger charge is 2.50. The molecule has 1 spiro atoms. The SMILES string of the molecule is COc1ccc(NC2CSC3(C2)CN(C(=O)c2cnc(OC)cn2)C3)cc1. The van der Waals surface area contributed by atoms with Gasteiger partial charge in [-0.1, -0.05) is 0 Å². The Hall–Kier alpha value is -2.48. The van der Waals surface area contributed by atoms with Crippen molar-refractivity contribution in [2.45, 2.75) is 17.2 Å². The van der Waals surface area contributed by atoms with Gasteiger partial charge in [0.25, 0.3) is 5.91 Å². The molecular weight excluding hydrogens is 364 g/mol. The number of likely N-dealkylation sites (tertiary alicyclic amines) is 1. The summed E-state index contributed by atoms with van der Waals surface area (Å²) in [7, 11) is 3.19. The topological polar surface area (TPSA) is 76.6 Å². The number of anilines is 1. The molecule has 2 aliphatic rings. The van der Waals surface area contributed by atoms with Gasteiger partial charge in [-0.2, -0.15) is 0 Å². The molecule has 1 amide bonds. The van der Waals surface area contributed by atoms with Crippen LogP contribution in [0.4, 0.5) is 5.69 Å². The predicted molar refractivity (Wildman–Crippen MR) is 105 cm³/mol. The van der Waals surface area contributed by atoms with E-state index in [0.29, 0.717) is 17.6 Å². The Morgan fingerprint density at radius 1 is 1.19 bits per heavy atom. The molecule has 0 radical (unpaired) electrons. The standard InChI is InChI=1S/C19H22N4O3S/c1-25-15-5-3-13(4-6-15)22-14-7-19(27-10-14)11-23(12-19)18(24)16-8-21-17(26-2)9-20-16/h3-6,8-9,14,22H,7,10-12H2,1-2H3. The van der Waals surface area contributed by atoms with E-state index in [1.807, 2.05) is 40.9 Å². The van der Waals surface area contributed by atoms with Crippen LogP contribution in [0.3, 0.4) is 0 Å². The number of nitrogens with one attached hydrogen (secondary N) is 1. The summed E-state index contributed by atoms with van der Waals surface area (Å²) in [6.45, 7) is 1.51. The molecule has 4 rings (SSSR count). The number of methoxy groups -OCH3 is 2. The van der Waals surface area contributed by atoms with Gasteiger partial charge < -0.3 is 19.7 Å². The van der Waals surface area contributed by atoms with Crippen molar-refractivity contribution in [1.82, 2.24) is 14.9 Å². The fourth-order valence-electron chi connectivity index (χ4n) is 3.57. The van der Waals surface area contributed by atoms with Crippen LogP contribution in [0.2, 0.25) is 0 Å². The summed E-state index contributed by atoms with van der Waals surface area (Å²) in [5, 5.41) is 3.59. The van der Waals surface area contributed by atoms with Gasteiger partial charge in [0.05, 0.1) is 31.4 Å². The van der Waals surface area contributed by atoms with Crippen LogP contribution >= 0.6 is 11.8 Å². The lowest BCUT2D eigenvalue weighted by Crippen LogP contribution is -2.61. The first-order valence-electron chi connectivity index (χ1n) is 8.81. The molecule has 1 atom stereocenters. The molecule has 0 bridgehead atoms. The van der Waals surface area contributed by atoms with E-state index in [4.69, 9.17) is 9.47 Å². The first-order valence-corrected chi connectivity index (χ1v) is 9.79. The molecule has 7 nitrogen and oxygen atoms in total. The highest BCUT2D eigenvalue weighted by Crippen LogP contribution is 2.46. The average molecular weight is 386 g/mol. The second kappa shape index (κ2) is 7.26. The van der Waals surface area contributed by atoms with Crippen molar-refractivity contribution in [2.75, 3.05) is 38.4 Å². The Bertz CT molecular complexity index is 807. The van der Waals surface area contributed by atoms with E-state index in [1.54, 1.807) is 7.11 Å². The number of rotatable bonds is 5. The van der Waals surface area contributed by atoms with E-state index in [0.717, 1.165) is 36.7 Å². The zero-order chi connectivity index (χ0) is 18.9. The first kappa shape index (κ1) is 17.9. The van der Waals surface area contributed by atoms with Gasteiger partial charge in [-0.25, -0.2) is 9.97 Å². The van der Waals surface area contributed by atoms with E-state index >= 15 is 0 Å². The molecule has 1 unspecified atom stereocenters. The Balaban J connectivity index is 1.31. The van der Waals surface area contributed by atoms with Crippen molar-refractivity contribution in [3.63, 3.8) is 0 Å². The van der Waals surface area contributed by atoms with Crippen LogP contribution in [0.1, 0.15) is 16.9 Å². The Kier molecular flexibility index (Phi) is 4.82. The number of benzene rings is 1. The third kappa shape index (κ3) is 3.66. The van der Waals surface area contributed by atoms with E-state index in [9.17, 15) is 4.79 Å². The van der Waals surface area contributed by atoms with Gasteiger partial charge in [0, 0.05) is 30.6 Å². The molecule has 3 heterocycles. The van der Waals surface area contributed by atoms with E-state index in [1.165, 1.54) is 19.5 Å². The third-order valence-corrected chi connectivity index (χ3v) is 6.58. The van der Waals surface area contributed by atoms with Crippen molar-refractivity contribution < 1.29 is 14.3 Å². The maximum Gasteiger partial charge on any atom is 0.274 e. The van der Waals surface area contributed by atoms with Crippen molar-refractivity contribution >= 4 is 23.4 Å². The summed E-state index contributed by atoms with van der Waals surface area (Å²) in [4.78, 5) is 22.6. The summed E-state index contributed by atoms with van der Waals surface area (Å²) in [6, 6.07) is 8.39. The lowest BCUT2D eigenvalue weighted by Gasteiger charge is -2.47. The van der Waals surface area contributed by atoms with Crippen LogP contribution in [-0.4, -0.2) is 64.6 Å². The number of aromatic nitrogens is 2. The highest BCUT2D eigenvalue weighted by molar-refractivity contribution is 8.01. The van der Waals surface area contributed by atoms with Gasteiger partial charge in [-0.3, -0.25) is 4.79 Å². The van der Waals surface area contributed by atoms with Crippen molar-refractivity contribution in [1.29, 1.82) is 0 Å². The number of ether oxygens (including phenoxy) is 2. The largest absolute Gasteiger partial charge is 0.497 e. The molecule has 2 aliphatic heterocycles. The average Bonchev–Trinajstić information content (AvgIpc) is 3.11. The lowest BCUT2D eigenvalue weighted by molar-refractivity contribution is 0.0551. The quantitative estimate of drug-likeness (QED) is 0.845. The Morgan fingerprint density at radius 3 is 2.59 bits per heavy atom. The van der Waals surface area contributed by atoms with Gasteiger partial charge >= 0.3 is 0 Å². The predicted octanol–water partition coefficient (Wildman–Crippen LogP) is 2.31. The van der Waals surface area contributed by atoms with E-state index in [2.05, 4.69) is 15.3 Å². The maximum atomic E-state index is 12.5. The van der Waals surface area contributed by atoms with Crippen molar-refractivity contribution in [3.8, 4) is 11.6 Å². The number of carbonyl (C=O) groups excluding carboxylic acids is 1. The van der Waals surface area contributed by atoms with Crippen LogP contribution < -0.4 is 14.8 Å². The highest BCUT2D eigenvalue weighted by atomic mass is 32.2. The molecule has 0 saturated carbocycles. The van der Waals surface area contributed by atoms with Crippen molar-refractivity contribution in [2.24, 2.45) is 0 Å². The van der Waals surface area contributed by atoms with E-state index < -0.39 is 0 Å². The van der Waals surface area contributed by atoms with Gasteiger partial charge in [-0.05, 0) is 30.7 Å². The Morgan fingerprint density at radius 2 is 1.96 bits per heavy atom. The summed E-state index contributed by atoms with van der Waals surface area (Å²) in [6.07, 6.45) is 3.99. The molecule has 2 saturated heterocycles. The monoisotopic (exact) mass is 386 g/mol. The number of carbonyl (C=O) groups is 1. The third-order valence-electron chi connectivity index (χ3n) is 4.97. The van der Waals surface area contributed by atoms with E-state index in [-0.39, 0.29) is 10.7 Å². The number of amides is 1. The molecule has 1 aromatic heterocycles. The maximum absolute atomic E-state index is 12.5. The minimum Gasteiger partial charge on any atom is -0.497 e. The molecule has 27 heavy (non-hydrogen) atoms. The molecule has 142 valence electrons. The second-order valence-electron chi connectivity index (χ2n) is 6.87. The van der Waals surface area contributed by atoms with Gasteiger partial charge in [0.2, 0.25) is 5.88 Å². The summed E-state index contributed by atoms with van der Waals surface area (Å²) in [5.41, 5.74) is 1.46. The number of hydrogen-bond acceptors (Lipinski definition) is 7. The number of thioether (sulfide) groups is 1. The second-order valence-corrected chi connectivity index (χ2v) is 8.36. The molecule has 1 N–H and O–H groups in total. The van der Waals surface area contributed by atoms with Gasteiger partial charge in [0.1, 0.15) is 11.4 Å². The molecular formula is C19H22N4O3S. The normalized spacial score (nSPS) is 20.2. The lowest BCUT2D eigenvalue weighted by atomic mass is 9.91. The van der Waals surface area contributed by atoms with Crippen LogP contribution in [0.5, 0.6) is 11.6 Å². The van der Waals surface area contributed by atoms with Crippen molar-refractivity contribution in [3.05, 3.63) is 42.4 Å². The van der Waals surface area contributed by atoms with Crippen LogP contribution in [0, 0.1) is 0 Å². The zero-order valence-electron chi connectivity index (χ0n) is 15.3. The summed E-state index contributed by atoms with van der Waals surface area (Å²) in [5.74, 6) is 2.23. The summed E-state index contributed by atoms with van der Waals surface area (Å²) >= 11 is 1.95. The van der Waals surface area contributed by atoms with Crippen LogP contribution in [-0.2, 0) is 0 Å². The zero-order valence-corrected chi connectivity index (χ0v) is 16.2. The molecule has 2 aromatic rings. The molecule has 8 heteroatoms. The minimum absolute atomic E-state index is 0.0667. The molecule has 1 aromatic carbocycles. The fourth-order valence-corrected chi connectivity index (χ4v) is 5.14. The first-order chi connectivity index (χ1) is 13.1. The smallest absolute Gasteiger partial charge is 0.274 e. The molecule has 2 fully saturated rings. The Labute approximate surface area is 162 Å². The number of nitrogens with zero attached hydrogens (tertiary/aromatic N) is 3. The van der Waals surface area contributed by atoms with Crippen LogP contribution in [0.25, 0.3) is 0 Å². The number of hydrogen-bond donors (Lipinski definition) is 1. The van der Waals surface area contributed by atoms with Gasteiger partial charge in [-0.15, -0.1) is 11.8 Å². The summed E-state index contributed by atoms with van der Waals surface area (Å²) < 4.78 is 10.3. The minimum atomic E-state index is -0.0667. The van der Waals surface area contributed by atoms with Crippen LogP contribution in [0.15, 0.2) is 36.7 Å². The molecule has 0 aliphatic carbocycles.